The van der Waals surface area contributed by atoms with Gasteiger partial charge in [-0.3, -0.25) is 9.48 Å². The summed E-state index contributed by atoms with van der Waals surface area (Å²) >= 11 is 0. The molecular formula is C21H39IN6O. The van der Waals surface area contributed by atoms with Crippen molar-refractivity contribution in [2.45, 2.75) is 65.8 Å². The summed E-state index contributed by atoms with van der Waals surface area (Å²) in [6, 6.07) is 0. The number of carbonyl (C=O) groups is 1. The fourth-order valence-corrected chi connectivity index (χ4v) is 4.32. The van der Waals surface area contributed by atoms with Crippen LogP contribution in [-0.4, -0.2) is 53.7 Å². The molecule has 0 unspecified atom stereocenters. The Morgan fingerprint density at radius 3 is 2.34 bits per heavy atom. The third-order valence-electron chi connectivity index (χ3n) is 5.78. The van der Waals surface area contributed by atoms with E-state index in [4.69, 9.17) is 4.99 Å². The van der Waals surface area contributed by atoms with E-state index in [0.717, 1.165) is 56.7 Å². The normalized spacial score (nSPS) is 15.7. The predicted molar refractivity (Wildman–Crippen MR) is 130 cm³/mol. The van der Waals surface area contributed by atoms with E-state index in [0.29, 0.717) is 13.1 Å². The molecule has 1 heterocycles. The molecule has 1 fully saturated rings. The van der Waals surface area contributed by atoms with E-state index in [9.17, 15) is 4.79 Å². The van der Waals surface area contributed by atoms with Gasteiger partial charge in [-0.1, -0.05) is 26.7 Å². The van der Waals surface area contributed by atoms with Gasteiger partial charge < -0.3 is 15.5 Å². The third kappa shape index (κ3) is 6.08. The minimum Gasteiger partial charge on any atom is -0.357 e. The third-order valence-corrected chi connectivity index (χ3v) is 5.78. The minimum atomic E-state index is -0.308. The number of nitrogens with zero attached hydrogens (tertiary/aromatic N) is 4. The fourth-order valence-electron chi connectivity index (χ4n) is 4.32. The van der Waals surface area contributed by atoms with Crippen LogP contribution >= 0.6 is 24.0 Å². The van der Waals surface area contributed by atoms with Crippen LogP contribution in [0.1, 0.15) is 63.4 Å². The zero-order chi connectivity index (χ0) is 20.7. The first-order valence-electron chi connectivity index (χ1n) is 10.7. The molecule has 0 aromatic carbocycles. The molecule has 1 aliphatic rings. The van der Waals surface area contributed by atoms with Crippen LogP contribution < -0.4 is 10.6 Å². The highest BCUT2D eigenvalue weighted by molar-refractivity contribution is 14.0. The van der Waals surface area contributed by atoms with Crippen LogP contribution in [0.4, 0.5) is 0 Å². The average Bonchev–Trinajstić information content (AvgIpc) is 3.27. The zero-order valence-corrected chi connectivity index (χ0v) is 21.3. The van der Waals surface area contributed by atoms with Gasteiger partial charge in [0.05, 0.1) is 17.7 Å². The van der Waals surface area contributed by atoms with Crippen molar-refractivity contribution < 1.29 is 4.79 Å². The molecule has 1 amide bonds. The second-order valence-corrected chi connectivity index (χ2v) is 7.94. The number of carbonyl (C=O) groups excluding carboxylic acids is 1. The van der Waals surface area contributed by atoms with Gasteiger partial charge in [0.25, 0.3) is 0 Å². The molecule has 1 aliphatic carbocycles. The molecule has 7 nitrogen and oxygen atoms in total. The number of hydrogen-bond acceptors (Lipinski definition) is 3. The highest BCUT2D eigenvalue weighted by Crippen LogP contribution is 2.38. The van der Waals surface area contributed by atoms with Crippen molar-refractivity contribution in [1.82, 2.24) is 25.3 Å². The number of guanidine groups is 1. The van der Waals surface area contributed by atoms with Crippen LogP contribution in [0.5, 0.6) is 0 Å². The van der Waals surface area contributed by atoms with E-state index < -0.39 is 0 Å². The monoisotopic (exact) mass is 518 g/mol. The van der Waals surface area contributed by atoms with E-state index in [1.54, 1.807) is 4.90 Å². The average molecular weight is 518 g/mol. The summed E-state index contributed by atoms with van der Waals surface area (Å²) < 4.78 is 1.98. The molecule has 8 heteroatoms. The lowest BCUT2D eigenvalue weighted by molar-refractivity contribution is -0.138. The number of rotatable bonds is 8. The maximum atomic E-state index is 12.8. The van der Waals surface area contributed by atoms with Crippen molar-refractivity contribution in [3.63, 3.8) is 0 Å². The maximum absolute atomic E-state index is 12.8. The molecular weight excluding hydrogens is 479 g/mol. The molecule has 0 radical (unpaired) electrons. The molecule has 0 saturated heterocycles. The summed E-state index contributed by atoms with van der Waals surface area (Å²) in [7, 11) is 5.71. The van der Waals surface area contributed by atoms with E-state index in [2.05, 4.69) is 36.5 Å². The number of aryl methyl sites for hydroxylation is 2. The van der Waals surface area contributed by atoms with E-state index >= 15 is 0 Å². The molecule has 0 spiro atoms. The number of aliphatic imine (C=N–C) groups is 1. The Balaban J connectivity index is 0.00000420. The largest absolute Gasteiger partial charge is 0.357 e. The lowest BCUT2D eigenvalue weighted by atomic mass is 9.84. The smallest absolute Gasteiger partial charge is 0.230 e. The van der Waals surface area contributed by atoms with Gasteiger partial charge in [0, 0.05) is 45.5 Å². The van der Waals surface area contributed by atoms with Crippen molar-refractivity contribution in [3.8, 4) is 0 Å². The van der Waals surface area contributed by atoms with Crippen LogP contribution in [0.25, 0.3) is 0 Å². The summed E-state index contributed by atoms with van der Waals surface area (Å²) in [6.07, 6.45) is 5.97. The molecule has 29 heavy (non-hydrogen) atoms. The minimum absolute atomic E-state index is 0. The van der Waals surface area contributed by atoms with Crippen molar-refractivity contribution in [3.05, 3.63) is 17.0 Å². The molecule has 1 aromatic rings. The van der Waals surface area contributed by atoms with Crippen molar-refractivity contribution in [2.24, 2.45) is 17.5 Å². The SMILES string of the molecule is CCNC(=NCc1c(CC)nn(C)c1CC)NCC1(C(=O)N(C)C)CCCC1.I. The first-order chi connectivity index (χ1) is 13.4. The Morgan fingerprint density at radius 1 is 1.17 bits per heavy atom. The molecule has 166 valence electrons. The number of hydrogen-bond donors (Lipinski definition) is 2. The topological polar surface area (TPSA) is 74.5 Å². The van der Waals surface area contributed by atoms with Gasteiger partial charge in [-0.05, 0) is 32.6 Å². The molecule has 2 rings (SSSR count). The van der Waals surface area contributed by atoms with Crippen LogP contribution in [0.3, 0.4) is 0 Å². The summed E-state index contributed by atoms with van der Waals surface area (Å²) in [5, 5.41) is 11.4. The van der Waals surface area contributed by atoms with Gasteiger partial charge >= 0.3 is 0 Å². The summed E-state index contributed by atoms with van der Waals surface area (Å²) in [5.74, 6) is 0.996. The second-order valence-electron chi connectivity index (χ2n) is 7.94. The lowest BCUT2D eigenvalue weighted by Crippen LogP contribution is -2.49. The predicted octanol–water partition coefficient (Wildman–Crippen LogP) is 2.87. The zero-order valence-electron chi connectivity index (χ0n) is 19.0. The Morgan fingerprint density at radius 2 is 1.83 bits per heavy atom. The van der Waals surface area contributed by atoms with Gasteiger partial charge in [0.1, 0.15) is 0 Å². The number of nitrogens with one attached hydrogen (secondary N) is 2. The Kier molecular flexibility index (Phi) is 10.4. The molecule has 0 atom stereocenters. The van der Waals surface area contributed by atoms with Gasteiger partial charge in [-0.25, -0.2) is 4.99 Å². The Hall–Kier alpha value is -1.32. The highest BCUT2D eigenvalue weighted by Gasteiger charge is 2.42. The van der Waals surface area contributed by atoms with Crippen molar-refractivity contribution >= 4 is 35.8 Å². The molecule has 0 bridgehead atoms. The summed E-state index contributed by atoms with van der Waals surface area (Å²) in [6.45, 7) is 8.37. The number of aromatic nitrogens is 2. The van der Waals surface area contributed by atoms with Gasteiger partial charge in [0.2, 0.25) is 5.91 Å². The highest BCUT2D eigenvalue weighted by atomic mass is 127. The van der Waals surface area contributed by atoms with E-state index in [-0.39, 0.29) is 35.3 Å². The maximum Gasteiger partial charge on any atom is 0.230 e. The van der Waals surface area contributed by atoms with Crippen molar-refractivity contribution in [1.29, 1.82) is 0 Å². The number of halogens is 1. The van der Waals surface area contributed by atoms with Gasteiger partial charge in [-0.2, -0.15) is 5.10 Å². The van der Waals surface area contributed by atoms with E-state index in [1.807, 2.05) is 25.8 Å². The molecule has 2 N–H and O–H groups in total. The summed E-state index contributed by atoms with van der Waals surface area (Å²) in [5.41, 5.74) is 3.28. The fraction of sp³-hybridized carbons (Fsp3) is 0.762. The lowest BCUT2D eigenvalue weighted by Gasteiger charge is -2.31. The van der Waals surface area contributed by atoms with Crippen LogP contribution in [0.15, 0.2) is 4.99 Å². The van der Waals surface area contributed by atoms with Crippen molar-refractivity contribution in [2.75, 3.05) is 27.2 Å². The van der Waals surface area contributed by atoms with Crippen LogP contribution in [-0.2, 0) is 31.2 Å². The number of amides is 1. The van der Waals surface area contributed by atoms with Gasteiger partial charge in [0.15, 0.2) is 5.96 Å². The van der Waals surface area contributed by atoms with Crippen LogP contribution in [0, 0.1) is 5.41 Å². The molecule has 1 aromatic heterocycles. The van der Waals surface area contributed by atoms with Gasteiger partial charge in [-0.15, -0.1) is 24.0 Å². The Labute approximate surface area is 193 Å². The van der Waals surface area contributed by atoms with E-state index in [1.165, 1.54) is 11.3 Å². The van der Waals surface area contributed by atoms with Crippen LogP contribution in [0.2, 0.25) is 0 Å². The second kappa shape index (κ2) is 11.8. The quantitative estimate of drug-likeness (QED) is 0.316. The summed E-state index contributed by atoms with van der Waals surface area (Å²) in [4.78, 5) is 19.4. The first kappa shape index (κ1) is 25.7. The molecule has 1 saturated carbocycles. The standard InChI is InChI=1S/C21H38N6O.HI/c1-7-17-16(18(8-2)27(6)25-17)14-23-20(22-9-3)24-15-21(12-10-11-13-21)19(28)26(4)5;/h7-15H2,1-6H3,(H2,22,23,24);1H. The first-order valence-corrected chi connectivity index (χ1v) is 10.7. The Bertz CT molecular complexity index is 692. The molecule has 0 aliphatic heterocycles.